The number of ether oxygens (including phenoxy) is 1. The first-order valence-corrected chi connectivity index (χ1v) is 9.01. The second-order valence-corrected chi connectivity index (χ2v) is 7.11. The number of hydrogen-bond donors (Lipinski definition) is 2. The Balaban J connectivity index is 1.74. The van der Waals surface area contributed by atoms with E-state index in [1.54, 1.807) is 31.5 Å². The zero-order valence-corrected chi connectivity index (χ0v) is 16.5. The molecule has 10 nitrogen and oxygen atoms in total. The van der Waals surface area contributed by atoms with Gasteiger partial charge in [-0.2, -0.15) is 4.68 Å². The predicted octanol–water partition coefficient (Wildman–Crippen LogP) is 1.36. The molecule has 2 amide bonds. The van der Waals surface area contributed by atoms with Crippen LogP contribution in [0.3, 0.4) is 0 Å². The first-order valence-electron chi connectivity index (χ1n) is 9.01. The van der Waals surface area contributed by atoms with Gasteiger partial charge in [0.25, 0.3) is 5.91 Å². The summed E-state index contributed by atoms with van der Waals surface area (Å²) in [6, 6.07) is 7.12. The number of imide groups is 1. The SMILES string of the molecule is C=C(/N=C(\C=C/N)n1nnc2ccccc21)N[C@H](C)CN1C(=O)OC(C)(C)C1=O. The summed E-state index contributed by atoms with van der Waals surface area (Å²) in [6.45, 7) is 8.93. The van der Waals surface area contributed by atoms with Crippen molar-refractivity contribution in [1.29, 1.82) is 0 Å². The van der Waals surface area contributed by atoms with Crippen LogP contribution >= 0.6 is 0 Å². The van der Waals surface area contributed by atoms with Crippen molar-refractivity contribution in [3.8, 4) is 0 Å². The van der Waals surface area contributed by atoms with Crippen LogP contribution in [0.2, 0.25) is 0 Å². The molecule has 0 saturated carbocycles. The van der Waals surface area contributed by atoms with Crippen molar-refractivity contribution in [2.45, 2.75) is 32.4 Å². The van der Waals surface area contributed by atoms with Gasteiger partial charge >= 0.3 is 6.09 Å². The Kier molecular flexibility index (Phi) is 5.35. The Morgan fingerprint density at radius 3 is 2.79 bits per heavy atom. The highest BCUT2D eigenvalue weighted by molar-refractivity contribution is 6.02. The fraction of sp³-hybridized carbons (Fsp3) is 0.316. The second-order valence-electron chi connectivity index (χ2n) is 7.11. The van der Waals surface area contributed by atoms with Crippen LogP contribution in [0.1, 0.15) is 20.8 Å². The third kappa shape index (κ3) is 4.10. The van der Waals surface area contributed by atoms with E-state index in [2.05, 4.69) is 27.2 Å². The van der Waals surface area contributed by atoms with E-state index in [0.29, 0.717) is 17.2 Å². The Morgan fingerprint density at radius 1 is 1.41 bits per heavy atom. The number of nitrogens with zero attached hydrogens (tertiary/aromatic N) is 5. The van der Waals surface area contributed by atoms with E-state index in [0.717, 1.165) is 10.4 Å². The predicted molar refractivity (Wildman–Crippen MR) is 108 cm³/mol. The fourth-order valence-corrected chi connectivity index (χ4v) is 2.94. The number of aliphatic imine (C=N–C) groups is 1. The number of para-hydroxylation sites is 1. The van der Waals surface area contributed by atoms with E-state index in [9.17, 15) is 9.59 Å². The summed E-state index contributed by atoms with van der Waals surface area (Å²) < 4.78 is 6.63. The fourth-order valence-electron chi connectivity index (χ4n) is 2.94. The maximum Gasteiger partial charge on any atom is 0.417 e. The van der Waals surface area contributed by atoms with Crippen LogP contribution in [0.5, 0.6) is 0 Å². The monoisotopic (exact) mass is 397 g/mol. The van der Waals surface area contributed by atoms with E-state index in [1.807, 2.05) is 24.3 Å². The molecule has 10 heteroatoms. The van der Waals surface area contributed by atoms with Gasteiger partial charge in [-0.15, -0.1) is 5.10 Å². The largest absolute Gasteiger partial charge is 0.433 e. The molecule has 0 aliphatic carbocycles. The van der Waals surface area contributed by atoms with Crippen molar-refractivity contribution in [2.75, 3.05) is 6.54 Å². The second kappa shape index (κ2) is 7.74. The number of nitrogens with one attached hydrogen (secondary N) is 1. The Morgan fingerprint density at radius 2 is 2.14 bits per heavy atom. The molecule has 1 atom stereocenters. The van der Waals surface area contributed by atoms with Crippen LogP contribution in [0, 0.1) is 0 Å². The van der Waals surface area contributed by atoms with Gasteiger partial charge in [0.15, 0.2) is 11.4 Å². The summed E-state index contributed by atoms with van der Waals surface area (Å²) in [6.07, 6.45) is 2.25. The number of benzene rings is 1. The molecule has 3 N–H and O–H groups in total. The van der Waals surface area contributed by atoms with Crippen LogP contribution in [-0.4, -0.2) is 55.9 Å². The van der Waals surface area contributed by atoms with Gasteiger partial charge < -0.3 is 15.8 Å². The van der Waals surface area contributed by atoms with Gasteiger partial charge in [0.2, 0.25) is 0 Å². The van der Waals surface area contributed by atoms with Crippen molar-refractivity contribution < 1.29 is 14.3 Å². The number of carbonyl (C=O) groups is 2. The zero-order valence-electron chi connectivity index (χ0n) is 16.5. The van der Waals surface area contributed by atoms with Crippen molar-refractivity contribution >= 4 is 28.9 Å². The van der Waals surface area contributed by atoms with Crippen molar-refractivity contribution in [3.05, 3.63) is 48.9 Å². The number of allylic oxidation sites excluding steroid dienone is 1. The van der Waals surface area contributed by atoms with Crippen LogP contribution in [0.25, 0.3) is 11.0 Å². The molecule has 3 rings (SSSR count). The third-order valence-electron chi connectivity index (χ3n) is 4.26. The summed E-state index contributed by atoms with van der Waals surface area (Å²) in [5, 5.41) is 11.3. The van der Waals surface area contributed by atoms with Gasteiger partial charge in [0, 0.05) is 6.04 Å². The standard InChI is InChI=1S/C19H23N7O3/c1-12(11-25-17(27)19(3,4)29-18(25)28)21-13(2)22-16(9-10-20)26-15-8-6-5-7-14(15)23-24-26/h5-10,12,21H,2,11,20H2,1,3-4H3/b10-9-,22-16+/t12-/m1/s1. The van der Waals surface area contributed by atoms with Gasteiger partial charge in [0.05, 0.1) is 12.1 Å². The van der Waals surface area contributed by atoms with E-state index >= 15 is 0 Å². The lowest BCUT2D eigenvalue weighted by molar-refractivity contribution is -0.134. The van der Waals surface area contributed by atoms with Crippen LogP contribution in [0.15, 0.2) is 53.9 Å². The van der Waals surface area contributed by atoms with E-state index < -0.39 is 11.7 Å². The normalized spacial score (nSPS) is 17.8. The van der Waals surface area contributed by atoms with Gasteiger partial charge in [-0.1, -0.05) is 23.9 Å². The van der Waals surface area contributed by atoms with Crippen LogP contribution < -0.4 is 11.1 Å². The number of cyclic esters (lactones) is 1. The first kappa shape index (κ1) is 20.1. The maximum absolute atomic E-state index is 12.3. The van der Waals surface area contributed by atoms with Crippen molar-refractivity contribution in [3.63, 3.8) is 0 Å². The number of rotatable bonds is 6. The average molecular weight is 397 g/mol. The highest BCUT2D eigenvalue weighted by Gasteiger charge is 2.47. The molecule has 2 heterocycles. The minimum Gasteiger partial charge on any atom is -0.433 e. The number of hydrogen-bond acceptors (Lipinski definition) is 8. The molecule has 0 unspecified atom stereocenters. The molecular formula is C19H23N7O3. The maximum atomic E-state index is 12.3. The van der Waals surface area contributed by atoms with Gasteiger partial charge in [0.1, 0.15) is 11.3 Å². The zero-order chi connectivity index (χ0) is 21.2. The third-order valence-corrected chi connectivity index (χ3v) is 4.26. The number of aromatic nitrogens is 3. The molecule has 1 aromatic carbocycles. The quantitative estimate of drug-likeness (QED) is 0.556. The summed E-state index contributed by atoms with van der Waals surface area (Å²) in [4.78, 5) is 29.7. The summed E-state index contributed by atoms with van der Waals surface area (Å²) >= 11 is 0. The smallest absolute Gasteiger partial charge is 0.417 e. The molecule has 1 fully saturated rings. The lowest BCUT2D eigenvalue weighted by atomic mass is 10.1. The number of carbonyl (C=O) groups excluding carboxylic acids is 2. The van der Waals surface area contributed by atoms with Crippen molar-refractivity contribution in [2.24, 2.45) is 10.7 Å². The molecule has 152 valence electrons. The molecule has 0 spiro atoms. The summed E-state index contributed by atoms with van der Waals surface area (Å²) in [5.74, 6) is 0.333. The lowest BCUT2D eigenvalue weighted by Crippen LogP contribution is -2.43. The van der Waals surface area contributed by atoms with E-state index in [-0.39, 0.29) is 18.5 Å². The Hall–Kier alpha value is -3.69. The molecule has 1 saturated heterocycles. The molecular weight excluding hydrogens is 374 g/mol. The van der Waals surface area contributed by atoms with E-state index in [4.69, 9.17) is 10.5 Å². The number of fused-ring (bicyclic) bond motifs is 1. The van der Waals surface area contributed by atoms with Gasteiger partial charge in [-0.3, -0.25) is 4.79 Å². The molecule has 1 aliphatic heterocycles. The van der Waals surface area contributed by atoms with Crippen LogP contribution in [-0.2, 0) is 9.53 Å². The number of amides is 2. The molecule has 0 radical (unpaired) electrons. The highest BCUT2D eigenvalue weighted by atomic mass is 16.6. The first-order chi connectivity index (χ1) is 13.7. The molecule has 1 aliphatic rings. The van der Waals surface area contributed by atoms with Gasteiger partial charge in [-0.05, 0) is 45.2 Å². The molecule has 0 bridgehead atoms. The van der Waals surface area contributed by atoms with Gasteiger partial charge in [-0.25, -0.2) is 14.7 Å². The molecule has 29 heavy (non-hydrogen) atoms. The molecule has 2 aromatic rings. The van der Waals surface area contributed by atoms with Crippen molar-refractivity contribution in [1.82, 2.24) is 25.2 Å². The van der Waals surface area contributed by atoms with Crippen LogP contribution in [0.4, 0.5) is 4.79 Å². The Bertz CT molecular complexity index is 1020. The molecule has 1 aromatic heterocycles. The highest BCUT2D eigenvalue weighted by Crippen LogP contribution is 2.23. The summed E-state index contributed by atoms with van der Waals surface area (Å²) in [5.41, 5.74) is 5.88. The van der Waals surface area contributed by atoms with E-state index in [1.165, 1.54) is 6.20 Å². The topological polar surface area (TPSA) is 128 Å². The Labute approximate surface area is 167 Å². The minimum atomic E-state index is -1.15. The minimum absolute atomic E-state index is 0.115. The average Bonchev–Trinajstić information content (AvgIpc) is 3.15. The lowest BCUT2D eigenvalue weighted by Gasteiger charge is -2.20. The number of nitrogens with two attached hydrogens (primary N) is 1. The summed E-state index contributed by atoms with van der Waals surface area (Å²) in [7, 11) is 0.